The number of nitro groups is 1. The van der Waals surface area contributed by atoms with Crippen molar-refractivity contribution in [3.8, 4) is 0 Å². The first kappa shape index (κ1) is 12.0. The first-order chi connectivity index (χ1) is 8.41. The first-order valence-corrected chi connectivity index (χ1v) is 5.13. The standard InChI is InChI=1S/C9H10N4O5/c1-11-3-2-5(8(11)14)12-4-6(13(17)18)7(10-12)9(15)16/h4-5H,2-3H2,1H3,(H,15,16). The van der Waals surface area contributed by atoms with Gasteiger partial charge in [-0.1, -0.05) is 0 Å². The van der Waals surface area contributed by atoms with Gasteiger partial charge in [-0.15, -0.1) is 0 Å². The van der Waals surface area contributed by atoms with E-state index in [4.69, 9.17) is 5.11 Å². The summed E-state index contributed by atoms with van der Waals surface area (Å²) in [5.41, 5.74) is -1.26. The maximum Gasteiger partial charge on any atom is 0.363 e. The Kier molecular flexibility index (Phi) is 2.73. The molecular weight excluding hydrogens is 244 g/mol. The van der Waals surface area contributed by atoms with Crippen molar-refractivity contribution in [1.29, 1.82) is 0 Å². The van der Waals surface area contributed by atoms with E-state index in [-0.39, 0.29) is 5.91 Å². The zero-order valence-corrected chi connectivity index (χ0v) is 9.44. The summed E-state index contributed by atoms with van der Waals surface area (Å²) in [5.74, 6) is -1.72. The molecule has 1 aromatic rings. The summed E-state index contributed by atoms with van der Waals surface area (Å²) in [6, 6.07) is -0.665. The Labute approximate surface area is 101 Å². The number of nitrogens with zero attached hydrogens (tertiary/aromatic N) is 4. The van der Waals surface area contributed by atoms with Crippen LogP contribution < -0.4 is 0 Å². The zero-order valence-electron chi connectivity index (χ0n) is 9.44. The predicted molar refractivity (Wildman–Crippen MR) is 57.1 cm³/mol. The summed E-state index contributed by atoms with van der Waals surface area (Å²) < 4.78 is 1.06. The molecule has 1 aliphatic rings. The summed E-state index contributed by atoms with van der Waals surface area (Å²) in [5, 5.41) is 23.1. The van der Waals surface area contributed by atoms with Crippen molar-refractivity contribution in [2.24, 2.45) is 0 Å². The number of aromatic nitrogens is 2. The lowest BCUT2D eigenvalue weighted by Crippen LogP contribution is -2.24. The van der Waals surface area contributed by atoms with Crippen LogP contribution in [-0.2, 0) is 4.79 Å². The molecule has 1 amide bonds. The van der Waals surface area contributed by atoms with E-state index in [0.717, 1.165) is 10.9 Å². The van der Waals surface area contributed by atoms with Gasteiger partial charge >= 0.3 is 11.7 Å². The van der Waals surface area contributed by atoms with Crippen LogP contribution in [0.2, 0.25) is 0 Å². The van der Waals surface area contributed by atoms with Crippen molar-refractivity contribution in [3.63, 3.8) is 0 Å². The Morgan fingerprint density at radius 2 is 2.33 bits per heavy atom. The molecule has 96 valence electrons. The number of hydrogen-bond donors (Lipinski definition) is 1. The molecule has 1 unspecified atom stereocenters. The van der Waals surface area contributed by atoms with Gasteiger partial charge in [-0.3, -0.25) is 19.6 Å². The van der Waals surface area contributed by atoms with E-state index in [1.807, 2.05) is 0 Å². The minimum atomic E-state index is -1.49. The number of likely N-dealkylation sites (N-methyl/N-ethyl adjacent to an activating group) is 1. The smallest absolute Gasteiger partial charge is 0.363 e. The average molecular weight is 254 g/mol. The highest BCUT2D eigenvalue weighted by atomic mass is 16.6. The summed E-state index contributed by atoms with van der Waals surface area (Å²) in [4.78, 5) is 33.9. The molecule has 1 aliphatic heterocycles. The van der Waals surface area contributed by atoms with Crippen molar-refractivity contribution in [2.45, 2.75) is 12.5 Å². The molecule has 1 N–H and O–H groups in total. The number of hydrogen-bond acceptors (Lipinski definition) is 5. The number of carbonyl (C=O) groups is 2. The van der Waals surface area contributed by atoms with E-state index < -0.39 is 28.3 Å². The van der Waals surface area contributed by atoms with Crippen LogP contribution >= 0.6 is 0 Å². The van der Waals surface area contributed by atoms with E-state index in [1.165, 1.54) is 4.90 Å². The molecule has 18 heavy (non-hydrogen) atoms. The highest BCUT2D eigenvalue weighted by Gasteiger charge is 2.34. The minimum Gasteiger partial charge on any atom is -0.476 e. The minimum absolute atomic E-state index is 0.232. The van der Waals surface area contributed by atoms with Crippen LogP contribution in [-0.4, -0.2) is 50.2 Å². The number of likely N-dealkylation sites (tertiary alicyclic amines) is 1. The molecule has 1 fully saturated rings. The monoisotopic (exact) mass is 254 g/mol. The average Bonchev–Trinajstić information content (AvgIpc) is 2.85. The number of rotatable bonds is 3. The molecule has 0 aliphatic carbocycles. The highest BCUT2D eigenvalue weighted by Crippen LogP contribution is 2.25. The number of amides is 1. The largest absolute Gasteiger partial charge is 0.476 e. The lowest BCUT2D eigenvalue weighted by Gasteiger charge is -2.09. The first-order valence-electron chi connectivity index (χ1n) is 5.13. The molecule has 1 saturated heterocycles. The Bertz CT molecular complexity index is 506. The highest BCUT2D eigenvalue weighted by molar-refractivity contribution is 5.90. The van der Waals surface area contributed by atoms with Crippen LogP contribution in [0.25, 0.3) is 0 Å². The third-order valence-electron chi connectivity index (χ3n) is 2.83. The molecule has 2 rings (SSSR count). The molecule has 0 radical (unpaired) electrons. The summed E-state index contributed by atoms with van der Waals surface area (Å²) in [6.45, 7) is 0.513. The van der Waals surface area contributed by atoms with Gasteiger partial charge in [-0.2, -0.15) is 5.10 Å². The van der Waals surface area contributed by atoms with Gasteiger partial charge in [0.05, 0.1) is 4.92 Å². The van der Waals surface area contributed by atoms with Gasteiger partial charge in [0.25, 0.3) is 0 Å². The van der Waals surface area contributed by atoms with Crippen LogP contribution in [0.4, 0.5) is 5.69 Å². The van der Waals surface area contributed by atoms with Gasteiger partial charge in [0.15, 0.2) is 0 Å². The second-order valence-corrected chi connectivity index (χ2v) is 3.97. The van der Waals surface area contributed by atoms with E-state index in [9.17, 15) is 19.7 Å². The molecule has 9 nitrogen and oxygen atoms in total. The van der Waals surface area contributed by atoms with Crippen LogP contribution in [0.1, 0.15) is 23.0 Å². The number of carbonyl (C=O) groups excluding carboxylic acids is 1. The second kappa shape index (κ2) is 4.09. The van der Waals surface area contributed by atoms with Gasteiger partial charge in [0.2, 0.25) is 11.6 Å². The third-order valence-corrected chi connectivity index (χ3v) is 2.83. The number of carboxylic acids is 1. The van der Waals surface area contributed by atoms with Crippen molar-refractivity contribution in [1.82, 2.24) is 14.7 Å². The van der Waals surface area contributed by atoms with Gasteiger partial charge < -0.3 is 10.0 Å². The van der Waals surface area contributed by atoms with Gasteiger partial charge in [-0.25, -0.2) is 4.79 Å². The Morgan fingerprint density at radius 3 is 2.72 bits per heavy atom. The van der Waals surface area contributed by atoms with E-state index in [2.05, 4.69) is 5.10 Å². The Hall–Kier alpha value is -2.45. The third kappa shape index (κ3) is 1.79. The molecule has 0 saturated carbocycles. The predicted octanol–water partition coefficient (Wildman–Crippen LogP) is -0.107. The van der Waals surface area contributed by atoms with Crippen molar-refractivity contribution in [2.75, 3.05) is 13.6 Å². The molecule has 1 atom stereocenters. The summed E-state index contributed by atoms with van der Waals surface area (Å²) in [7, 11) is 1.61. The van der Waals surface area contributed by atoms with Crippen molar-refractivity contribution >= 4 is 17.6 Å². The van der Waals surface area contributed by atoms with Crippen LogP contribution in [0.15, 0.2) is 6.20 Å². The van der Waals surface area contributed by atoms with Crippen molar-refractivity contribution < 1.29 is 19.6 Å². The summed E-state index contributed by atoms with van der Waals surface area (Å²) >= 11 is 0. The summed E-state index contributed by atoms with van der Waals surface area (Å²) in [6.07, 6.45) is 1.44. The van der Waals surface area contributed by atoms with Gasteiger partial charge in [-0.05, 0) is 6.42 Å². The molecule has 1 aromatic heterocycles. The molecule has 0 bridgehead atoms. The quantitative estimate of drug-likeness (QED) is 0.593. The molecule has 2 heterocycles. The topological polar surface area (TPSA) is 119 Å². The zero-order chi connectivity index (χ0) is 13.4. The number of aromatic carboxylic acids is 1. The molecular formula is C9H10N4O5. The Morgan fingerprint density at radius 1 is 1.67 bits per heavy atom. The van der Waals surface area contributed by atoms with E-state index in [1.54, 1.807) is 7.05 Å². The molecule has 9 heteroatoms. The van der Waals surface area contributed by atoms with E-state index in [0.29, 0.717) is 13.0 Å². The maximum absolute atomic E-state index is 11.7. The molecule has 0 spiro atoms. The Balaban J connectivity index is 2.41. The second-order valence-electron chi connectivity index (χ2n) is 3.97. The SMILES string of the molecule is CN1CCC(n2cc([N+](=O)[O-])c(C(=O)O)n2)C1=O. The van der Waals surface area contributed by atoms with E-state index >= 15 is 0 Å². The fourth-order valence-electron chi connectivity index (χ4n) is 1.88. The van der Waals surface area contributed by atoms with Gasteiger partial charge in [0.1, 0.15) is 12.2 Å². The molecule has 0 aromatic carbocycles. The maximum atomic E-state index is 11.7. The normalized spacial score (nSPS) is 19.3. The lowest BCUT2D eigenvalue weighted by molar-refractivity contribution is -0.385. The van der Waals surface area contributed by atoms with Crippen molar-refractivity contribution in [3.05, 3.63) is 22.0 Å². The van der Waals surface area contributed by atoms with Crippen LogP contribution in [0.3, 0.4) is 0 Å². The fourth-order valence-corrected chi connectivity index (χ4v) is 1.88. The van der Waals surface area contributed by atoms with Crippen LogP contribution in [0, 0.1) is 10.1 Å². The van der Waals surface area contributed by atoms with Crippen LogP contribution in [0.5, 0.6) is 0 Å². The number of carboxylic acid groups (broad SMARTS) is 1. The fraction of sp³-hybridized carbons (Fsp3) is 0.444. The lowest BCUT2D eigenvalue weighted by atomic mass is 10.2. The van der Waals surface area contributed by atoms with Gasteiger partial charge in [0, 0.05) is 13.6 Å².